The van der Waals surface area contributed by atoms with Gasteiger partial charge in [0.15, 0.2) is 0 Å². The quantitative estimate of drug-likeness (QED) is 0.752. The van der Waals surface area contributed by atoms with Gasteiger partial charge in [0, 0.05) is 25.0 Å². The van der Waals surface area contributed by atoms with Gasteiger partial charge in [-0.2, -0.15) is 0 Å². The molecule has 2 aliphatic carbocycles. The molecule has 1 aliphatic heterocycles. The monoisotopic (exact) mass is 357 g/mol. The number of nitrogens with zero attached hydrogens (tertiary/aromatic N) is 2. The highest BCUT2D eigenvalue weighted by Crippen LogP contribution is 2.42. The van der Waals surface area contributed by atoms with Crippen LogP contribution in [0.1, 0.15) is 32.1 Å². The number of fused-ring (bicyclic) bond motifs is 2. The van der Waals surface area contributed by atoms with Gasteiger partial charge in [0.1, 0.15) is 5.82 Å². The second-order valence-electron chi connectivity index (χ2n) is 7.86. The molecule has 0 aromatic carbocycles. The second-order valence-corrected chi connectivity index (χ2v) is 7.86. The van der Waals surface area contributed by atoms with Crippen LogP contribution in [0.15, 0.2) is 18.3 Å². The van der Waals surface area contributed by atoms with Crippen molar-refractivity contribution < 1.29 is 9.59 Å². The molecule has 2 amide bonds. The van der Waals surface area contributed by atoms with Gasteiger partial charge in [-0.25, -0.2) is 4.98 Å². The van der Waals surface area contributed by atoms with Gasteiger partial charge >= 0.3 is 0 Å². The molecule has 7 nitrogen and oxygen atoms in total. The summed E-state index contributed by atoms with van der Waals surface area (Å²) in [5.74, 6) is 1.89. The van der Waals surface area contributed by atoms with Crippen molar-refractivity contribution in [3.05, 3.63) is 18.3 Å². The van der Waals surface area contributed by atoms with Crippen molar-refractivity contribution in [2.45, 2.75) is 38.1 Å². The van der Waals surface area contributed by atoms with Crippen LogP contribution in [0.3, 0.4) is 0 Å². The Hall–Kier alpha value is -2.15. The van der Waals surface area contributed by atoms with E-state index in [9.17, 15) is 9.59 Å². The predicted molar refractivity (Wildman–Crippen MR) is 99.6 cm³/mol. The Morgan fingerprint density at radius 1 is 1.27 bits per heavy atom. The molecular weight excluding hydrogens is 330 g/mol. The third-order valence-electron chi connectivity index (χ3n) is 6.16. The number of carbonyl (C=O) groups excluding carboxylic acids is 2. The van der Waals surface area contributed by atoms with Crippen molar-refractivity contribution in [3.63, 3.8) is 0 Å². The normalized spacial score (nSPS) is 31.3. The van der Waals surface area contributed by atoms with Gasteiger partial charge in [-0.3, -0.25) is 9.59 Å². The van der Waals surface area contributed by atoms with Crippen molar-refractivity contribution in [2.75, 3.05) is 29.9 Å². The molecule has 2 atom stereocenters. The van der Waals surface area contributed by atoms with E-state index in [1.165, 1.54) is 6.42 Å². The molecule has 0 spiro atoms. The first kappa shape index (κ1) is 17.3. The lowest BCUT2D eigenvalue weighted by Crippen LogP contribution is -2.48. The van der Waals surface area contributed by atoms with Gasteiger partial charge in [-0.1, -0.05) is 6.42 Å². The highest BCUT2D eigenvalue weighted by atomic mass is 16.2. The summed E-state index contributed by atoms with van der Waals surface area (Å²) in [6, 6.07) is 4.00. The summed E-state index contributed by atoms with van der Waals surface area (Å²) < 4.78 is 0. The number of rotatable bonds is 3. The van der Waals surface area contributed by atoms with E-state index < -0.39 is 0 Å². The molecule has 2 unspecified atom stereocenters. The zero-order valence-corrected chi connectivity index (χ0v) is 15.0. The zero-order chi connectivity index (χ0) is 18.1. The van der Waals surface area contributed by atoms with Crippen LogP contribution >= 0.6 is 0 Å². The van der Waals surface area contributed by atoms with Crippen LogP contribution in [0.4, 0.5) is 11.5 Å². The topological polar surface area (TPSA) is 100 Å². The Balaban J connectivity index is 1.36. The summed E-state index contributed by atoms with van der Waals surface area (Å²) >= 11 is 0. The van der Waals surface area contributed by atoms with Gasteiger partial charge in [-0.05, 0) is 49.7 Å². The molecule has 0 radical (unpaired) electrons. The molecule has 26 heavy (non-hydrogen) atoms. The number of aromatic nitrogens is 1. The molecule has 3 aliphatic rings. The fourth-order valence-electron chi connectivity index (χ4n) is 4.73. The van der Waals surface area contributed by atoms with E-state index >= 15 is 0 Å². The van der Waals surface area contributed by atoms with Gasteiger partial charge < -0.3 is 21.3 Å². The molecular formula is C19H27N5O2. The van der Waals surface area contributed by atoms with Crippen LogP contribution in [0, 0.1) is 17.8 Å². The molecule has 1 aromatic rings. The standard InChI is InChI=1S/C19H27N5O2/c20-18-12-2-1-3-13(18)9-14(8-12)19(26)23-15-4-5-16(22-10-15)24-7-6-21-17(25)11-24/h4-5,10,12-14,18H,1-3,6-9,11,20H2,(H,21,25)(H,23,26). The van der Waals surface area contributed by atoms with E-state index in [1.807, 2.05) is 17.0 Å². The number of hydrogen-bond acceptors (Lipinski definition) is 5. The summed E-state index contributed by atoms with van der Waals surface area (Å²) in [4.78, 5) is 30.5. The SMILES string of the molecule is NC1C2CCCC1CC(C(=O)Nc1ccc(N3CCNC(=O)C3)nc1)C2. The van der Waals surface area contributed by atoms with Crippen LogP contribution in [0.5, 0.6) is 0 Å². The highest BCUT2D eigenvalue weighted by Gasteiger charge is 2.40. The molecule has 1 saturated heterocycles. The first-order chi connectivity index (χ1) is 12.6. The maximum absolute atomic E-state index is 12.7. The van der Waals surface area contributed by atoms with Crippen LogP contribution in [0.2, 0.25) is 0 Å². The van der Waals surface area contributed by atoms with Gasteiger partial charge in [-0.15, -0.1) is 0 Å². The van der Waals surface area contributed by atoms with Crippen molar-refractivity contribution in [2.24, 2.45) is 23.5 Å². The number of nitrogens with one attached hydrogen (secondary N) is 2. The second kappa shape index (κ2) is 7.23. The van der Waals surface area contributed by atoms with Gasteiger partial charge in [0.05, 0.1) is 18.4 Å². The number of carbonyl (C=O) groups is 2. The lowest BCUT2D eigenvalue weighted by molar-refractivity contribution is -0.122. The molecule has 4 N–H and O–H groups in total. The molecule has 1 aromatic heterocycles. The average Bonchev–Trinajstić information content (AvgIpc) is 2.62. The smallest absolute Gasteiger partial charge is 0.239 e. The Bertz CT molecular complexity index is 663. The van der Waals surface area contributed by atoms with Crippen molar-refractivity contribution >= 4 is 23.3 Å². The van der Waals surface area contributed by atoms with Gasteiger partial charge in [0.25, 0.3) is 0 Å². The summed E-state index contributed by atoms with van der Waals surface area (Å²) in [6.45, 7) is 1.70. The van der Waals surface area contributed by atoms with E-state index in [1.54, 1.807) is 6.20 Å². The summed E-state index contributed by atoms with van der Waals surface area (Å²) in [5.41, 5.74) is 7.03. The molecule has 2 bridgehead atoms. The third-order valence-corrected chi connectivity index (χ3v) is 6.16. The number of piperazine rings is 1. The fourth-order valence-corrected chi connectivity index (χ4v) is 4.73. The van der Waals surface area contributed by atoms with Crippen LogP contribution in [-0.2, 0) is 9.59 Å². The molecule has 2 saturated carbocycles. The van der Waals surface area contributed by atoms with Crippen molar-refractivity contribution in [3.8, 4) is 0 Å². The minimum atomic E-state index is 0.0106. The largest absolute Gasteiger partial charge is 0.353 e. The number of anilines is 2. The number of hydrogen-bond donors (Lipinski definition) is 3. The number of amides is 2. The molecule has 140 valence electrons. The fraction of sp³-hybridized carbons (Fsp3) is 0.632. The van der Waals surface area contributed by atoms with E-state index in [4.69, 9.17) is 5.73 Å². The predicted octanol–water partition coefficient (Wildman–Crippen LogP) is 1.11. The average molecular weight is 357 g/mol. The summed E-state index contributed by atoms with van der Waals surface area (Å²) in [7, 11) is 0. The van der Waals surface area contributed by atoms with Gasteiger partial charge in [0.2, 0.25) is 11.8 Å². The first-order valence-corrected chi connectivity index (χ1v) is 9.64. The Kier molecular flexibility index (Phi) is 4.80. The lowest BCUT2D eigenvalue weighted by Gasteiger charge is -2.43. The third kappa shape index (κ3) is 3.53. The van der Waals surface area contributed by atoms with E-state index in [0.29, 0.717) is 30.6 Å². The molecule has 3 fully saturated rings. The van der Waals surface area contributed by atoms with Crippen LogP contribution < -0.4 is 21.3 Å². The minimum Gasteiger partial charge on any atom is -0.353 e. The summed E-state index contributed by atoms with van der Waals surface area (Å²) in [5, 5.41) is 5.82. The molecule has 4 rings (SSSR count). The lowest BCUT2D eigenvalue weighted by atomic mass is 9.65. The highest BCUT2D eigenvalue weighted by molar-refractivity contribution is 5.92. The Labute approximate surface area is 153 Å². The Morgan fingerprint density at radius 3 is 2.69 bits per heavy atom. The number of nitrogens with two attached hydrogens (primary N) is 1. The molecule has 2 heterocycles. The Morgan fingerprint density at radius 2 is 2.04 bits per heavy atom. The maximum Gasteiger partial charge on any atom is 0.239 e. The zero-order valence-electron chi connectivity index (χ0n) is 15.0. The first-order valence-electron chi connectivity index (χ1n) is 9.64. The molecule has 7 heteroatoms. The van der Waals surface area contributed by atoms with Crippen LogP contribution in [-0.4, -0.2) is 42.5 Å². The van der Waals surface area contributed by atoms with E-state index in [-0.39, 0.29) is 23.8 Å². The van der Waals surface area contributed by atoms with E-state index in [0.717, 1.165) is 38.0 Å². The number of pyridine rings is 1. The van der Waals surface area contributed by atoms with Crippen molar-refractivity contribution in [1.82, 2.24) is 10.3 Å². The summed E-state index contributed by atoms with van der Waals surface area (Å²) in [6.07, 6.45) is 7.03. The van der Waals surface area contributed by atoms with Crippen LogP contribution in [0.25, 0.3) is 0 Å². The van der Waals surface area contributed by atoms with E-state index in [2.05, 4.69) is 15.6 Å². The maximum atomic E-state index is 12.7. The van der Waals surface area contributed by atoms with Crippen molar-refractivity contribution in [1.29, 1.82) is 0 Å². The minimum absolute atomic E-state index is 0.0106.